The van der Waals surface area contributed by atoms with E-state index in [0.717, 1.165) is 11.3 Å². The van der Waals surface area contributed by atoms with Gasteiger partial charge in [-0.05, 0) is 6.92 Å². The van der Waals surface area contributed by atoms with Gasteiger partial charge in [0.15, 0.2) is 5.69 Å². The predicted molar refractivity (Wildman–Crippen MR) is 56.9 cm³/mol. The van der Waals surface area contributed by atoms with Gasteiger partial charge in [0, 0.05) is 30.6 Å². The van der Waals surface area contributed by atoms with Crippen molar-refractivity contribution in [3.8, 4) is 11.1 Å². The van der Waals surface area contributed by atoms with Crippen LogP contribution in [0.1, 0.15) is 16.2 Å². The maximum atomic E-state index is 11.5. The number of aromatic amines is 1. The first kappa shape index (κ1) is 10.4. The molecule has 0 saturated carbocycles. The Morgan fingerprint density at radius 2 is 2.25 bits per heavy atom. The van der Waals surface area contributed by atoms with Gasteiger partial charge in [-0.15, -0.1) is 0 Å². The first-order valence-electron chi connectivity index (χ1n) is 4.76. The van der Waals surface area contributed by atoms with Gasteiger partial charge in [0.2, 0.25) is 0 Å². The first-order valence-corrected chi connectivity index (χ1v) is 4.76. The Morgan fingerprint density at radius 1 is 1.50 bits per heavy atom. The van der Waals surface area contributed by atoms with Crippen LogP contribution in [-0.2, 0) is 11.8 Å². The van der Waals surface area contributed by atoms with Crippen LogP contribution in [0.3, 0.4) is 0 Å². The molecule has 6 nitrogen and oxygen atoms in total. The zero-order chi connectivity index (χ0) is 11.7. The number of aromatic nitrogens is 4. The Hall–Kier alpha value is -2.11. The van der Waals surface area contributed by atoms with Gasteiger partial charge in [-0.3, -0.25) is 9.78 Å². The summed E-state index contributed by atoms with van der Waals surface area (Å²) in [5.74, 6) is -0.459. The Labute approximate surface area is 92.2 Å². The average molecular weight is 220 g/mol. The second-order valence-corrected chi connectivity index (χ2v) is 3.44. The summed E-state index contributed by atoms with van der Waals surface area (Å²) in [6.45, 7) is 1.88. The third-order valence-electron chi connectivity index (χ3n) is 2.32. The molecule has 2 heterocycles. The summed E-state index contributed by atoms with van der Waals surface area (Å²) < 4.78 is 6.35. The molecule has 16 heavy (non-hydrogen) atoms. The van der Waals surface area contributed by atoms with Gasteiger partial charge in [0.25, 0.3) is 0 Å². The maximum Gasteiger partial charge on any atom is 0.359 e. The van der Waals surface area contributed by atoms with Gasteiger partial charge in [0.1, 0.15) is 0 Å². The normalized spacial score (nSPS) is 10.4. The third kappa shape index (κ3) is 1.58. The smallest absolute Gasteiger partial charge is 0.359 e. The van der Waals surface area contributed by atoms with Crippen molar-refractivity contribution < 1.29 is 9.53 Å². The largest absolute Gasteiger partial charge is 0.464 e. The molecule has 0 unspecified atom stereocenters. The number of methoxy groups -OCH3 is 1. The van der Waals surface area contributed by atoms with E-state index in [1.165, 1.54) is 7.11 Å². The molecule has 2 aromatic rings. The molecule has 2 aromatic heterocycles. The molecule has 0 fully saturated rings. The monoisotopic (exact) mass is 220 g/mol. The van der Waals surface area contributed by atoms with Gasteiger partial charge in [0.05, 0.1) is 12.8 Å². The van der Waals surface area contributed by atoms with E-state index in [1.54, 1.807) is 10.9 Å². The van der Waals surface area contributed by atoms with Crippen molar-refractivity contribution in [2.24, 2.45) is 7.05 Å². The minimum Gasteiger partial charge on any atom is -0.464 e. The van der Waals surface area contributed by atoms with Crippen LogP contribution in [0.4, 0.5) is 0 Å². The number of hydrogen-bond acceptors (Lipinski definition) is 4. The zero-order valence-electron chi connectivity index (χ0n) is 9.31. The maximum absolute atomic E-state index is 11.5. The summed E-state index contributed by atoms with van der Waals surface area (Å²) >= 11 is 0. The van der Waals surface area contributed by atoms with Crippen molar-refractivity contribution in [2.75, 3.05) is 7.11 Å². The van der Waals surface area contributed by atoms with Gasteiger partial charge >= 0.3 is 5.97 Å². The topological polar surface area (TPSA) is 72.8 Å². The Morgan fingerprint density at radius 3 is 2.81 bits per heavy atom. The lowest BCUT2D eigenvalue weighted by Gasteiger charge is -1.98. The van der Waals surface area contributed by atoms with Crippen molar-refractivity contribution in [2.45, 2.75) is 6.92 Å². The zero-order valence-corrected chi connectivity index (χ0v) is 9.31. The van der Waals surface area contributed by atoms with E-state index in [2.05, 4.69) is 20.0 Å². The van der Waals surface area contributed by atoms with Crippen LogP contribution in [0, 0.1) is 6.92 Å². The quantitative estimate of drug-likeness (QED) is 0.763. The molecule has 6 heteroatoms. The Kier molecular flexibility index (Phi) is 2.47. The van der Waals surface area contributed by atoms with E-state index in [9.17, 15) is 4.79 Å². The number of rotatable bonds is 2. The molecule has 0 bridgehead atoms. The molecule has 0 atom stereocenters. The molecule has 1 N–H and O–H groups in total. The highest BCUT2D eigenvalue weighted by atomic mass is 16.5. The van der Waals surface area contributed by atoms with Crippen LogP contribution >= 0.6 is 0 Å². The molecule has 0 aliphatic heterocycles. The predicted octanol–water partition coefficient (Wildman–Crippen LogP) is 0.905. The van der Waals surface area contributed by atoms with Crippen molar-refractivity contribution in [3.05, 3.63) is 23.8 Å². The minimum absolute atomic E-state index is 0.276. The number of nitrogens with zero attached hydrogens (tertiary/aromatic N) is 3. The fourth-order valence-corrected chi connectivity index (χ4v) is 1.61. The van der Waals surface area contributed by atoms with Crippen LogP contribution in [-0.4, -0.2) is 33.1 Å². The summed E-state index contributed by atoms with van der Waals surface area (Å²) in [6.07, 6.45) is 3.50. The number of carbonyl (C=O) groups excluding carboxylic acids is 1. The molecular weight excluding hydrogens is 208 g/mol. The Bertz CT molecular complexity index is 527. The number of carbonyl (C=O) groups is 1. The van der Waals surface area contributed by atoms with Crippen molar-refractivity contribution in [3.63, 3.8) is 0 Å². The fraction of sp³-hybridized carbons (Fsp3) is 0.300. The molecule has 0 radical (unpaired) electrons. The molecule has 0 aliphatic carbocycles. The number of H-pyrrole nitrogens is 1. The molecular formula is C10H12N4O2. The molecule has 0 saturated heterocycles. The number of hydrogen-bond donors (Lipinski definition) is 1. The van der Waals surface area contributed by atoms with Crippen LogP contribution in [0.5, 0.6) is 0 Å². The number of esters is 1. The van der Waals surface area contributed by atoms with E-state index in [4.69, 9.17) is 0 Å². The SMILES string of the molecule is COC(=O)c1n[nH]cc1-c1cn(C)nc1C. The van der Waals surface area contributed by atoms with E-state index >= 15 is 0 Å². The Balaban J connectivity index is 2.52. The lowest BCUT2D eigenvalue weighted by Crippen LogP contribution is -2.03. The van der Waals surface area contributed by atoms with Crippen LogP contribution in [0.2, 0.25) is 0 Å². The standard InChI is InChI=1S/C10H12N4O2/c1-6-8(5-14(2)13-6)7-4-11-12-9(7)10(15)16-3/h4-5H,1-3H3,(H,11,12). The summed E-state index contributed by atoms with van der Waals surface area (Å²) in [5.41, 5.74) is 2.70. The van der Waals surface area contributed by atoms with Crippen molar-refractivity contribution in [1.29, 1.82) is 0 Å². The van der Waals surface area contributed by atoms with Crippen LogP contribution < -0.4 is 0 Å². The van der Waals surface area contributed by atoms with Crippen LogP contribution in [0.25, 0.3) is 11.1 Å². The van der Waals surface area contributed by atoms with Crippen molar-refractivity contribution >= 4 is 5.97 Å². The number of aryl methyl sites for hydroxylation is 2. The van der Waals surface area contributed by atoms with E-state index in [1.807, 2.05) is 20.2 Å². The lowest BCUT2D eigenvalue weighted by atomic mass is 10.1. The van der Waals surface area contributed by atoms with E-state index < -0.39 is 5.97 Å². The molecule has 2 rings (SSSR count). The molecule has 0 spiro atoms. The van der Waals surface area contributed by atoms with E-state index in [0.29, 0.717) is 5.56 Å². The lowest BCUT2D eigenvalue weighted by molar-refractivity contribution is 0.0595. The van der Waals surface area contributed by atoms with Gasteiger partial charge in [-0.1, -0.05) is 0 Å². The van der Waals surface area contributed by atoms with Gasteiger partial charge in [-0.2, -0.15) is 10.2 Å². The molecule has 0 aliphatic rings. The second kappa shape index (κ2) is 3.80. The molecule has 0 amide bonds. The highest BCUT2D eigenvalue weighted by Crippen LogP contribution is 2.24. The van der Waals surface area contributed by atoms with Gasteiger partial charge in [-0.25, -0.2) is 4.79 Å². The number of nitrogens with one attached hydrogen (secondary N) is 1. The highest BCUT2D eigenvalue weighted by Gasteiger charge is 2.19. The van der Waals surface area contributed by atoms with Gasteiger partial charge < -0.3 is 4.74 Å². The molecule has 0 aromatic carbocycles. The summed E-state index contributed by atoms with van der Waals surface area (Å²) in [4.78, 5) is 11.5. The fourth-order valence-electron chi connectivity index (χ4n) is 1.61. The average Bonchev–Trinajstić information content (AvgIpc) is 2.83. The summed E-state index contributed by atoms with van der Waals surface area (Å²) in [7, 11) is 3.16. The highest BCUT2D eigenvalue weighted by molar-refractivity contribution is 5.95. The van der Waals surface area contributed by atoms with E-state index in [-0.39, 0.29) is 5.69 Å². The summed E-state index contributed by atoms with van der Waals surface area (Å²) in [6, 6.07) is 0. The second-order valence-electron chi connectivity index (χ2n) is 3.44. The third-order valence-corrected chi connectivity index (χ3v) is 2.32. The van der Waals surface area contributed by atoms with Crippen molar-refractivity contribution in [1.82, 2.24) is 20.0 Å². The number of ether oxygens (including phenoxy) is 1. The summed E-state index contributed by atoms with van der Waals surface area (Å²) in [5, 5.41) is 10.8. The molecule has 84 valence electrons. The van der Waals surface area contributed by atoms with Crippen LogP contribution in [0.15, 0.2) is 12.4 Å². The first-order chi connectivity index (χ1) is 7.63. The minimum atomic E-state index is -0.459.